The molecule has 1 heterocycles. The predicted octanol–water partition coefficient (Wildman–Crippen LogP) is 3.03. The highest BCUT2D eigenvalue weighted by molar-refractivity contribution is 5.25. The van der Waals surface area contributed by atoms with E-state index in [4.69, 9.17) is 9.84 Å². The monoisotopic (exact) mass is 337 g/mol. The molecule has 0 aliphatic carbocycles. The van der Waals surface area contributed by atoms with Crippen molar-refractivity contribution in [2.75, 3.05) is 13.2 Å². The number of rotatable bonds is 8. The zero-order chi connectivity index (χ0) is 17.5. The van der Waals surface area contributed by atoms with Crippen LogP contribution in [0.5, 0.6) is 5.75 Å². The van der Waals surface area contributed by atoms with E-state index in [0.717, 1.165) is 6.07 Å². The van der Waals surface area contributed by atoms with E-state index in [9.17, 15) is 13.9 Å². The van der Waals surface area contributed by atoms with E-state index in [0.29, 0.717) is 36.5 Å². The molecule has 0 amide bonds. The van der Waals surface area contributed by atoms with Crippen LogP contribution in [0.1, 0.15) is 30.7 Å². The molecule has 2 atom stereocenters. The molecule has 0 saturated heterocycles. The second kappa shape index (κ2) is 8.70. The molecular weight excluding hydrogens is 316 g/mol. The number of aromatic nitrogens is 1. The van der Waals surface area contributed by atoms with E-state index in [1.54, 1.807) is 19.1 Å². The minimum atomic E-state index is -0.891. The summed E-state index contributed by atoms with van der Waals surface area (Å²) in [7, 11) is 0. The molecule has 24 heavy (non-hydrogen) atoms. The van der Waals surface area contributed by atoms with Crippen LogP contribution < -0.4 is 4.74 Å². The molecule has 6 heteroatoms. The van der Waals surface area contributed by atoms with Gasteiger partial charge in [-0.1, -0.05) is 6.92 Å². The summed E-state index contributed by atoms with van der Waals surface area (Å²) in [5, 5.41) is 19.2. The quantitative estimate of drug-likeness (QED) is 0.727. The minimum absolute atomic E-state index is 0.0434. The van der Waals surface area contributed by atoms with Crippen LogP contribution in [0.4, 0.5) is 8.78 Å². The zero-order valence-electron chi connectivity index (χ0n) is 13.5. The van der Waals surface area contributed by atoms with Gasteiger partial charge in [0.25, 0.3) is 0 Å². The Morgan fingerprint density at radius 3 is 2.54 bits per heavy atom. The van der Waals surface area contributed by atoms with Gasteiger partial charge in [-0.2, -0.15) is 0 Å². The topological polar surface area (TPSA) is 62.6 Å². The Balaban J connectivity index is 2.04. The molecule has 1 aromatic heterocycles. The molecule has 4 nitrogen and oxygen atoms in total. The summed E-state index contributed by atoms with van der Waals surface area (Å²) in [6, 6.07) is 6.63. The molecule has 0 aliphatic rings. The number of halogens is 2. The number of benzene rings is 1. The van der Waals surface area contributed by atoms with Crippen molar-refractivity contribution in [1.29, 1.82) is 0 Å². The summed E-state index contributed by atoms with van der Waals surface area (Å²) in [6.07, 6.45) is 1.47. The van der Waals surface area contributed by atoms with Crippen molar-refractivity contribution in [2.45, 2.75) is 25.9 Å². The SMILES string of the molecule is C[C@@H](Cc1cc(F)cc(F)c1)[C@H](O)c1cc(OCCCO)ccn1. The van der Waals surface area contributed by atoms with Crippen molar-refractivity contribution in [1.82, 2.24) is 4.98 Å². The molecule has 0 saturated carbocycles. The average Bonchev–Trinajstić information content (AvgIpc) is 2.53. The number of hydrogen-bond acceptors (Lipinski definition) is 4. The van der Waals surface area contributed by atoms with Gasteiger partial charge in [0.15, 0.2) is 0 Å². The summed E-state index contributed by atoms with van der Waals surface area (Å²) < 4.78 is 32.0. The Morgan fingerprint density at radius 2 is 1.88 bits per heavy atom. The lowest BCUT2D eigenvalue weighted by atomic mass is 9.93. The average molecular weight is 337 g/mol. The maximum absolute atomic E-state index is 13.3. The van der Waals surface area contributed by atoms with E-state index in [1.807, 2.05) is 0 Å². The molecule has 0 radical (unpaired) electrons. The van der Waals surface area contributed by atoms with Gasteiger partial charge in [-0.25, -0.2) is 8.78 Å². The van der Waals surface area contributed by atoms with Crippen LogP contribution in [0.15, 0.2) is 36.5 Å². The molecule has 130 valence electrons. The third kappa shape index (κ3) is 5.25. The van der Waals surface area contributed by atoms with Crippen molar-refractivity contribution in [3.05, 3.63) is 59.4 Å². The molecule has 0 unspecified atom stereocenters. The Labute approximate surface area is 139 Å². The van der Waals surface area contributed by atoms with Crippen molar-refractivity contribution in [3.63, 3.8) is 0 Å². The van der Waals surface area contributed by atoms with Gasteiger partial charge in [-0.3, -0.25) is 4.98 Å². The number of ether oxygens (including phenoxy) is 1. The van der Waals surface area contributed by atoms with Crippen LogP contribution in [-0.2, 0) is 6.42 Å². The van der Waals surface area contributed by atoms with Crippen molar-refractivity contribution in [3.8, 4) is 5.75 Å². The molecule has 0 spiro atoms. The summed E-state index contributed by atoms with van der Waals surface area (Å²) in [4.78, 5) is 4.14. The van der Waals surface area contributed by atoms with Crippen molar-refractivity contribution < 1.29 is 23.7 Å². The van der Waals surface area contributed by atoms with Crippen LogP contribution in [0.2, 0.25) is 0 Å². The van der Waals surface area contributed by atoms with Crippen LogP contribution in [0, 0.1) is 17.6 Å². The van der Waals surface area contributed by atoms with Gasteiger partial charge < -0.3 is 14.9 Å². The zero-order valence-corrected chi connectivity index (χ0v) is 13.5. The van der Waals surface area contributed by atoms with E-state index in [1.165, 1.54) is 18.3 Å². The van der Waals surface area contributed by atoms with Crippen LogP contribution in [-0.4, -0.2) is 28.4 Å². The highest BCUT2D eigenvalue weighted by Gasteiger charge is 2.19. The number of pyridine rings is 1. The fourth-order valence-corrected chi connectivity index (χ4v) is 2.44. The highest BCUT2D eigenvalue weighted by Crippen LogP contribution is 2.26. The number of aliphatic hydroxyl groups excluding tert-OH is 2. The highest BCUT2D eigenvalue weighted by atomic mass is 19.1. The fraction of sp³-hybridized carbons (Fsp3) is 0.389. The molecule has 0 fully saturated rings. The van der Waals surface area contributed by atoms with Crippen LogP contribution in [0.3, 0.4) is 0 Å². The first-order valence-corrected chi connectivity index (χ1v) is 7.82. The standard InChI is InChI=1S/C18H21F2NO3/c1-12(7-13-8-14(19)10-15(20)9-13)18(23)17-11-16(3-4-21-17)24-6-2-5-22/h3-4,8-12,18,22-23H,2,5-7H2,1H3/t12-,18-/m0/s1. The Kier molecular flexibility index (Phi) is 6.63. The first-order valence-electron chi connectivity index (χ1n) is 7.82. The normalized spacial score (nSPS) is 13.5. The Bertz CT molecular complexity index is 646. The number of nitrogens with zero attached hydrogens (tertiary/aromatic N) is 1. The lowest BCUT2D eigenvalue weighted by molar-refractivity contribution is 0.113. The third-order valence-electron chi connectivity index (χ3n) is 3.65. The molecule has 1 aromatic carbocycles. The van der Waals surface area contributed by atoms with E-state index < -0.39 is 17.7 Å². The predicted molar refractivity (Wildman–Crippen MR) is 85.6 cm³/mol. The first kappa shape index (κ1) is 18.3. The lowest BCUT2D eigenvalue weighted by Crippen LogP contribution is -2.14. The molecule has 2 rings (SSSR count). The van der Waals surface area contributed by atoms with Gasteiger partial charge in [0, 0.05) is 31.4 Å². The second-order valence-electron chi connectivity index (χ2n) is 5.75. The van der Waals surface area contributed by atoms with Gasteiger partial charge in [0.1, 0.15) is 17.4 Å². The van der Waals surface area contributed by atoms with Crippen molar-refractivity contribution in [2.24, 2.45) is 5.92 Å². The Hall–Kier alpha value is -2.05. The van der Waals surface area contributed by atoms with Crippen LogP contribution in [0.25, 0.3) is 0 Å². The van der Waals surface area contributed by atoms with E-state index in [2.05, 4.69) is 4.98 Å². The van der Waals surface area contributed by atoms with Gasteiger partial charge in [-0.05, 0) is 36.1 Å². The first-order chi connectivity index (χ1) is 11.5. The lowest BCUT2D eigenvalue weighted by Gasteiger charge is -2.19. The second-order valence-corrected chi connectivity index (χ2v) is 5.75. The van der Waals surface area contributed by atoms with Gasteiger partial charge in [-0.15, -0.1) is 0 Å². The minimum Gasteiger partial charge on any atom is -0.493 e. The maximum Gasteiger partial charge on any atom is 0.126 e. The molecular formula is C18H21F2NO3. The van der Waals surface area contributed by atoms with Gasteiger partial charge in [0.05, 0.1) is 18.4 Å². The van der Waals surface area contributed by atoms with Crippen molar-refractivity contribution >= 4 is 0 Å². The molecule has 2 N–H and O–H groups in total. The fourth-order valence-electron chi connectivity index (χ4n) is 2.44. The maximum atomic E-state index is 13.3. The number of aliphatic hydroxyl groups is 2. The summed E-state index contributed by atoms with van der Waals surface area (Å²) in [6.45, 7) is 2.20. The summed E-state index contributed by atoms with van der Waals surface area (Å²) >= 11 is 0. The largest absolute Gasteiger partial charge is 0.493 e. The van der Waals surface area contributed by atoms with E-state index >= 15 is 0 Å². The summed E-state index contributed by atoms with van der Waals surface area (Å²) in [5.74, 6) is -1.00. The van der Waals surface area contributed by atoms with Gasteiger partial charge >= 0.3 is 0 Å². The molecule has 2 aromatic rings. The van der Waals surface area contributed by atoms with Gasteiger partial charge in [0.2, 0.25) is 0 Å². The number of hydrogen-bond donors (Lipinski definition) is 2. The Morgan fingerprint density at radius 1 is 1.17 bits per heavy atom. The molecule has 0 aliphatic heterocycles. The smallest absolute Gasteiger partial charge is 0.126 e. The summed E-state index contributed by atoms with van der Waals surface area (Å²) in [5.41, 5.74) is 0.912. The van der Waals surface area contributed by atoms with Crippen LogP contribution >= 0.6 is 0 Å². The third-order valence-corrected chi connectivity index (χ3v) is 3.65. The van der Waals surface area contributed by atoms with E-state index in [-0.39, 0.29) is 12.5 Å². The molecule has 0 bridgehead atoms.